The van der Waals surface area contributed by atoms with Gasteiger partial charge in [0.2, 0.25) is 0 Å². The summed E-state index contributed by atoms with van der Waals surface area (Å²) in [5.74, 6) is 1.85. The molecule has 0 aromatic rings. The summed E-state index contributed by atoms with van der Waals surface area (Å²) in [4.78, 5) is 0. The number of hydrogen-bond acceptors (Lipinski definition) is 13. The molecule has 52 heavy (non-hydrogen) atoms. The first-order chi connectivity index (χ1) is 24.5. The number of fused-ring (bicyclic) bond motifs is 7. The fraction of sp³-hybridized carbons (Fsp3) is 0.949. The van der Waals surface area contributed by atoms with Crippen molar-refractivity contribution < 1.29 is 64.2 Å². The van der Waals surface area contributed by atoms with Crippen LogP contribution in [0.5, 0.6) is 0 Å². The van der Waals surface area contributed by atoms with E-state index in [0.29, 0.717) is 43.1 Å². The van der Waals surface area contributed by atoms with Crippen LogP contribution in [0.25, 0.3) is 0 Å². The molecule has 8 aliphatic rings. The zero-order valence-electron chi connectivity index (χ0n) is 31.3. The van der Waals surface area contributed by atoms with E-state index in [0.717, 1.165) is 38.5 Å². The monoisotopic (exact) mass is 738 g/mol. The molecule has 0 amide bonds. The van der Waals surface area contributed by atoms with Gasteiger partial charge in [0.05, 0.1) is 37.1 Å². The Morgan fingerprint density at radius 3 is 2.27 bits per heavy atom. The lowest BCUT2D eigenvalue weighted by atomic mass is 9.47. The Kier molecular flexibility index (Phi) is 9.83. The van der Waals surface area contributed by atoms with Gasteiger partial charge in [0.25, 0.3) is 0 Å². The van der Waals surface area contributed by atoms with Crippen molar-refractivity contribution in [3.8, 4) is 0 Å². The van der Waals surface area contributed by atoms with Crippen molar-refractivity contribution in [2.75, 3.05) is 13.2 Å². The van der Waals surface area contributed by atoms with Crippen molar-refractivity contribution in [1.29, 1.82) is 0 Å². The minimum atomic E-state index is -1.62. The second kappa shape index (κ2) is 13.4. The molecule has 4 saturated heterocycles. The first kappa shape index (κ1) is 38.1. The average molecular weight is 739 g/mol. The van der Waals surface area contributed by atoms with Crippen LogP contribution in [-0.4, -0.2) is 134 Å². The summed E-state index contributed by atoms with van der Waals surface area (Å²) in [6.45, 7) is 10.4. The standard InChI is InChI=1S/C39H62O13/c1-18-27-25(52-39(18)13-12-36(3,46)17-47-39)15-24-22-7-6-20-14-21(8-10-37(20,4)23(22)9-11-38(24,27)5)49-35-32(45)30(43)33(26(16-40)50-35)51-34-31(44)29(42)28(41)19(2)48-34/h6,18-19,21-35,40-46H,7-17H2,1-5H3/t18-,19-,21-,22+,23-,24-,25-,26+,27-,28-,29+,30-,31+,32+,33+,34-,35+,36-,37-,38-,39+/m0/s1. The van der Waals surface area contributed by atoms with Gasteiger partial charge in [0.15, 0.2) is 18.4 Å². The van der Waals surface area contributed by atoms with E-state index in [1.807, 2.05) is 6.92 Å². The maximum absolute atomic E-state index is 11.1. The molecule has 0 aromatic carbocycles. The molecule has 13 nitrogen and oxygen atoms in total. The molecule has 7 fully saturated rings. The highest BCUT2D eigenvalue weighted by Gasteiger charge is 2.69. The van der Waals surface area contributed by atoms with Gasteiger partial charge in [-0.1, -0.05) is 32.4 Å². The Balaban J connectivity index is 0.913. The lowest BCUT2D eigenvalue weighted by Crippen LogP contribution is -2.64. The quantitative estimate of drug-likeness (QED) is 0.201. The second-order valence-corrected chi connectivity index (χ2v) is 18.6. The topological polar surface area (TPSA) is 197 Å². The molecule has 13 heteroatoms. The number of ether oxygens (including phenoxy) is 6. The van der Waals surface area contributed by atoms with Gasteiger partial charge in [-0.05, 0) is 99.7 Å². The molecule has 4 heterocycles. The zero-order valence-corrected chi connectivity index (χ0v) is 31.3. The Bertz CT molecular complexity index is 1350. The minimum absolute atomic E-state index is 0.0435. The van der Waals surface area contributed by atoms with E-state index in [1.165, 1.54) is 18.9 Å². The van der Waals surface area contributed by atoms with Crippen LogP contribution in [-0.2, 0) is 28.4 Å². The summed E-state index contributed by atoms with van der Waals surface area (Å²) in [5.41, 5.74) is 0.823. The normalized spacial score (nSPS) is 58.9. The predicted octanol–water partition coefficient (Wildman–Crippen LogP) is 1.50. The Hall–Kier alpha value is -0.780. The number of aliphatic hydroxyl groups excluding tert-OH is 6. The molecule has 21 atom stereocenters. The molecule has 4 aliphatic carbocycles. The summed E-state index contributed by atoms with van der Waals surface area (Å²) in [6.07, 6.45) is -2.80. The highest BCUT2D eigenvalue weighted by molar-refractivity contribution is 5.26. The highest BCUT2D eigenvalue weighted by atomic mass is 16.7. The summed E-state index contributed by atoms with van der Waals surface area (Å²) in [5, 5.41) is 73.7. The van der Waals surface area contributed by atoms with Crippen LogP contribution in [0, 0.1) is 40.4 Å². The summed E-state index contributed by atoms with van der Waals surface area (Å²) in [6, 6.07) is 0. The first-order valence-electron chi connectivity index (χ1n) is 19.9. The van der Waals surface area contributed by atoms with Crippen LogP contribution < -0.4 is 0 Å². The maximum Gasteiger partial charge on any atom is 0.187 e. The van der Waals surface area contributed by atoms with E-state index in [1.54, 1.807) is 0 Å². The smallest absolute Gasteiger partial charge is 0.187 e. The van der Waals surface area contributed by atoms with Gasteiger partial charge < -0.3 is 64.2 Å². The van der Waals surface area contributed by atoms with Gasteiger partial charge in [-0.25, -0.2) is 0 Å². The first-order valence-corrected chi connectivity index (χ1v) is 19.9. The Morgan fingerprint density at radius 2 is 1.56 bits per heavy atom. The van der Waals surface area contributed by atoms with E-state index in [-0.39, 0.29) is 29.0 Å². The van der Waals surface area contributed by atoms with Gasteiger partial charge >= 0.3 is 0 Å². The third-order valence-electron chi connectivity index (χ3n) is 15.6. The molecule has 4 aliphatic heterocycles. The number of allylic oxidation sites excluding steroid dienone is 1. The van der Waals surface area contributed by atoms with Crippen LogP contribution >= 0.6 is 0 Å². The van der Waals surface area contributed by atoms with Crippen molar-refractivity contribution >= 4 is 0 Å². The molecule has 0 unspecified atom stereocenters. The molecular formula is C39H62O13. The molecule has 0 aromatic heterocycles. The van der Waals surface area contributed by atoms with Gasteiger partial charge in [-0.3, -0.25) is 0 Å². The molecule has 1 spiro atoms. The van der Waals surface area contributed by atoms with E-state index >= 15 is 0 Å². The van der Waals surface area contributed by atoms with Crippen LogP contribution in [0.3, 0.4) is 0 Å². The van der Waals surface area contributed by atoms with Gasteiger partial charge in [0, 0.05) is 12.3 Å². The summed E-state index contributed by atoms with van der Waals surface area (Å²) in [7, 11) is 0. The fourth-order valence-electron chi connectivity index (χ4n) is 12.5. The van der Waals surface area contributed by atoms with Crippen LogP contribution in [0.1, 0.15) is 92.4 Å². The van der Waals surface area contributed by atoms with Crippen molar-refractivity contribution in [3.05, 3.63) is 11.6 Å². The van der Waals surface area contributed by atoms with Crippen LogP contribution in [0.2, 0.25) is 0 Å². The predicted molar refractivity (Wildman–Crippen MR) is 183 cm³/mol. The van der Waals surface area contributed by atoms with Gasteiger partial charge in [0.1, 0.15) is 42.7 Å². The maximum atomic E-state index is 11.1. The Labute approximate surface area is 306 Å². The minimum Gasteiger partial charge on any atom is -0.394 e. The largest absolute Gasteiger partial charge is 0.394 e. The van der Waals surface area contributed by atoms with Crippen molar-refractivity contribution in [3.63, 3.8) is 0 Å². The Morgan fingerprint density at radius 1 is 0.827 bits per heavy atom. The van der Waals surface area contributed by atoms with E-state index < -0.39 is 79.4 Å². The lowest BCUT2D eigenvalue weighted by molar-refractivity contribution is -0.360. The van der Waals surface area contributed by atoms with E-state index in [4.69, 9.17) is 28.4 Å². The molecule has 0 radical (unpaired) electrons. The van der Waals surface area contributed by atoms with Crippen LogP contribution in [0.15, 0.2) is 11.6 Å². The average Bonchev–Trinajstić information content (AvgIpc) is 3.56. The van der Waals surface area contributed by atoms with Crippen molar-refractivity contribution in [2.24, 2.45) is 40.4 Å². The number of rotatable bonds is 5. The van der Waals surface area contributed by atoms with Gasteiger partial charge in [-0.15, -0.1) is 0 Å². The van der Waals surface area contributed by atoms with E-state index in [2.05, 4.69) is 26.8 Å². The molecule has 296 valence electrons. The third kappa shape index (κ3) is 5.90. The second-order valence-electron chi connectivity index (χ2n) is 18.6. The van der Waals surface area contributed by atoms with Crippen LogP contribution in [0.4, 0.5) is 0 Å². The molecular weight excluding hydrogens is 676 g/mol. The van der Waals surface area contributed by atoms with Crippen molar-refractivity contribution in [1.82, 2.24) is 0 Å². The van der Waals surface area contributed by atoms with E-state index in [9.17, 15) is 35.7 Å². The third-order valence-corrected chi connectivity index (χ3v) is 15.6. The molecule has 0 bridgehead atoms. The summed E-state index contributed by atoms with van der Waals surface area (Å²) < 4.78 is 36.9. The molecule has 3 saturated carbocycles. The SMILES string of the molecule is C[C@@H]1O[C@@H](O[C@H]2[C@@H](O)[C@@H](O)[C@H](O[C@H]3CC[C@@]4(C)C(=CC[C@H]5[C@@H]6C[C@@H]7O[C@]8(CC[C@](C)(O)CO8)[C@@H](C)[C@@H]7[C@@]6(C)CC[C@@H]54)C3)O[C@@H]2CO)[C@H](O)[C@H](O)[C@H]1O. The van der Waals surface area contributed by atoms with Crippen molar-refractivity contribution in [2.45, 2.75) is 177 Å². The molecule has 8 rings (SSSR count). The number of hydrogen-bond donors (Lipinski definition) is 7. The van der Waals surface area contributed by atoms with Gasteiger partial charge in [-0.2, -0.15) is 0 Å². The lowest BCUT2D eigenvalue weighted by Gasteiger charge is -2.58. The molecule has 7 N–H and O–H groups in total. The zero-order chi connectivity index (χ0) is 37.1. The highest BCUT2D eigenvalue weighted by Crippen LogP contribution is 2.70. The fourth-order valence-corrected chi connectivity index (χ4v) is 12.5. The summed E-state index contributed by atoms with van der Waals surface area (Å²) >= 11 is 0. The number of aliphatic hydroxyl groups is 7.